The second kappa shape index (κ2) is 10.7. The van der Waals surface area contributed by atoms with Gasteiger partial charge in [0.1, 0.15) is 5.75 Å². The van der Waals surface area contributed by atoms with Crippen molar-refractivity contribution in [3.63, 3.8) is 0 Å². The first-order valence-corrected chi connectivity index (χ1v) is 10.8. The smallest absolute Gasteiger partial charge is 0.340 e. The highest BCUT2D eigenvalue weighted by Gasteiger charge is 2.36. The van der Waals surface area contributed by atoms with Crippen molar-refractivity contribution in [2.24, 2.45) is 4.99 Å². The van der Waals surface area contributed by atoms with Crippen LogP contribution in [0.15, 0.2) is 41.4 Å². The lowest BCUT2D eigenvalue weighted by molar-refractivity contribution is -0.135. The summed E-state index contributed by atoms with van der Waals surface area (Å²) in [7, 11) is 0. The van der Waals surface area contributed by atoms with Gasteiger partial charge >= 0.3 is 5.97 Å². The Morgan fingerprint density at radius 2 is 1.62 bits per heavy atom. The number of hydrogen-bond donors (Lipinski definition) is 1. The first-order valence-electron chi connectivity index (χ1n) is 10.8. The van der Waals surface area contributed by atoms with Crippen molar-refractivity contribution in [2.45, 2.75) is 33.7 Å². The van der Waals surface area contributed by atoms with E-state index in [0.717, 1.165) is 0 Å². The van der Waals surface area contributed by atoms with Crippen LogP contribution in [0.2, 0.25) is 0 Å². The minimum atomic E-state index is -1.03. The molecule has 1 aliphatic rings. The molecule has 0 bridgehead atoms. The van der Waals surface area contributed by atoms with Crippen molar-refractivity contribution in [3.05, 3.63) is 47.5 Å². The average Bonchev–Trinajstić information content (AvgIpc) is 2.78. The van der Waals surface area contributed by atoms with E-state index in [2.05, 4.69) is 10.3 Å². The first kappa shape index (κ1) is 23.1. The molecule has 1 aliphatic heterocycles. The van der Waals surface area contributed by atoms with Crippen LogP contribution in [0.3, 0.4) is 0 Å². The summed E-state index contributed by atoms with van der Waals surface area (Å²) in [6.45, 7) is 9.03. The molecule has 0 aliphatic carbocycles. The molecule has 8 nitrogen and oxygen atoms in total. The Morgan fingerprint density at radius 1 is 1.00 bits per heavy atom. The minimum Gasteiger partial charge on any atom is -0.490 e. The van der Waals surface area contributed by atoms with Gasteiger partial charge in [0.15, 0.2) is 17.5 Å². The second-order valence-corrected chi connectivity index (χ2v) is 6.78. The number of esters is 1. The molecule has 1 amide bonds. The van der Waals surface area contributed by atoms with Crippen molar-refractivity contribution in [1.82, 2.24) is 5.32 Å². The molecule has 0 saturated carbocycles. The van der Waals surface area contributed by atoms with E-state index in [-0.39, 0.29) is 5.56 Å². The number of benzene rings is 2. The predicted octanol–water partition coefficient (Wildman–Crippen LogP) is 3.41. The van der Waals surface area contributed by atoms with Crippen molar-refractivity contribution < 1.29 is 28.5 Å². The normalized spacial score (nSPS) is 16.2. The lowest BCUT2D eigenvalue weighted by atomic mass is 9.98. The highest BCUT2D eigenvalue weighted by atomic mass is 16.5. The Morgan fingerprint density at radius 3 is 2.22 bits per heavy atom. The maximum absolute atomic E-state index is 13.2. The summed E-state index contributed by atoms with van der Waals surface area (Å²) in [6.07, 6.45) is 0. The second-order valence-electron chi connectivity index (χ2n) is 6.78. The van der Waals surface area contributed by atoms with Gasteiger partial charge in [0.2, 0.25) is 5.75 Å². The van der Waals surface area contributed by atoms with Gasteiger partial charge in [0.25, 0.3) is 5.91 Å². The maximum atomic E-state index is 13.2. The molecule has 1 heterocycles. The molecule has 0 aromatic heterocycles. The summed E-state index contributed by atoms with van der Waals surface area (Å²) in [4.78, 5) is 30.3. The molecule has 1 unspecified atom stereocenters. The molecular weight excluding hydrogens is 412 g/mol. The molecule has 0 fully saturated rings. The highest BCUT2D eigenvalue weighted by molar-refractivity contribution is 6.21. The van der Waals surface area contributed by atoms with Gasteiger partial charge in [0.05, 0.1) is 25.5 Å². The number of carbonyl (C=O) groups is 2. The van der Waals surface area contributed by atoms with Crippen molar-refractivity contribution in [2.75, 3.05) is 26.4 Å². The molecule has 32 heavy (non-hydrogen) atoms. The summed E-state index contributed by atoms with van der Waals surface area (Å²) in [5.74, 6) is 0.569. The lowest BCUT2D eigenvalue weighted by Crippen LogP contribution is -2.51. The third-order valence-corrected chi connectivity index (χ3v) is 4.66. The number of amides is 1. The Bertz CT molecular complexity index is 990. The van der Waals surface area contributed by atoms with Crippen molar-refractivity contribution in [1.29, 1.82) is 0 Å². The molecule has 0 radical (unpaired) electrons. The van der Waals surface area contributed by atoms with Gasteiger partial charge in [-0.25, -0.2) is 4.79 Å². The topological polar surface area (TPSA) is 95.5 Å². The number of para-hydroxylation sites is 1. The summed E-state index contributed by atoms with van der Waals surface area (Å²) in [5, 5.41) is 2.75. The number of hydrogen-bond acceptors (Lipinski definition) is 7. The molecule has 3 rings (SSSR count). The number of aliphatic imine (C=N–C) groups is 1. The number of nitrogens with zero attached hydrogens (tertiary/aromatic N) is 1. The van der Waals surface area contributed by atoms with Gasteiger partial charge in [-0.2, -0.15) is 0 Å². The highest BCUT2D eigenvalue weighted by Crippen LogP contribution is 2.39. The molecule has 2 aromatic carbocycles. The standard InChI is InChI=1S/C24H28N2O6/c1-5-25-20-16-11-9-10-12-17(16)32-24(28)21(20)26-23(27)15-13-18(29-6-2)22(31-8-4)19(14-15)30-7-3/h9-14,21H,5-8H2,1-4H3,(H,26,27). The molecule has 1 atom stereocenters. The largest absolute Gasteiger partial charge is 0.490 e. The van der Waals surface area contributed by atoms with E-state index in [1.807, 2.05) is 39.8 Å². The van der Waals surface area contributed by atoms with Crippen LogP contribution in [0.4, 0.5) is 0 Å². The van der Waals surface area contributed by atoms with Gasteiger partial charge in [-0.15, -0.1) is 0 Å². The van der Waals surface area contributed by atoms with E-state index >= 15 is 0 Å². The molecule has 8 heteroatoms. The summed E-state index contributed by atoms with van der Waals surface area (Å²) in [5.41, 5.74) is 1.41. The van der Waals surface area contributed by atoms with Crippen LogP contribution in [-0.2, 0) is 4.79 Å². The van der Waals surface area contributed by atoms with Crippen LogP contribution in [0.25, 0.3) is 0 Å². The van der Waals surface area contributed by atoms with Crippen molar-refractivity contribution in [3.8, 4) is 23.0 Å². The Labute approximate surface area is 187 Å². The summed E-state index contributed by atoms with van der Waals surface area (Å²) >= 11 is 0. The molecule has 170 valence electrons. The molecule has 1 N–H and O–H groups in total. The number of fused-ring (bicyclic) bond motifs is 1. The minimum absolute atomic E-state index is 0.267. The van der Waals surface area contributed by atoms with Crippen LogP contribution >= 0.6 is 0 Å². The summed E-state index contributed by atoms with van der Waals surface area (Å²) in [6, 6.07) is 9.24. The van der Waals surface area contributed by atoms with E-state index in [1.165, 1.54) is 0 Å². The van der Waals surface area contributed by atoms with E-state index in [0.29, 0.717) is 60.6 Å². The fraction of sp³-hybridized carbons (Fsp3) is 0.375. The number of carbonyl (C=O) groups excluding carboxylic acids is 2. The third-order valence-electron chi connectivity index (χ3n) is 4.66. The Kier molecular flexibility index (Phi) is 7.70. The van der Waals surface area contributed by atoms with Crippen LogP contribution in [-0.4, -0.2) is 50.0 Å². The Hall–Kier alpha value is -3.55. The van der Waals surface area contributed by atoms with Gasteiger partial charge in [-0.05, 0) is 52.0 Å². The summed E-state index contributed by atoms with van der Waals surface area (Å²) < 4.78 is 22.5. The zero-order valence-corrected chi connectivity index (χ0v) is 18.8. The van der Waals surface area contributed by atoms with E-state index in [4.69, 9.17) is 18.9 Å². The average molecular weight is 440 g/mol. The zero-order valence-electron chi connectivity index (χ0n) is 18.8. The van der Waals surface area contributed by atoms with Crippen LogP contribution in [0.5, 0.6) is 23.0 Å². The molecule has 0 saturated heterocycles. The number of nitrogens with one attached hydrogen (secondary N) is 1. The van der Waals surface area contributed by atoms with Crippen LogP contribution < -0.4 is 24.3 Å². The van der Waals surface area contributed by atoms with E-state index < -0.39 is 17.9 Å². The van der Waals surface area contributed by atoms with Crippen LogP contribution in [0, 0.1) is 0 Å². The lowest BCUT2D eigenvalue weighted by Gasteiger charge is -2.26. The predicted molar refractivity (Wildman–Crippen MR) is 120 cm³/mol. The maximum Gasteiger partial charge on any atom is 0.340 e. The fourth-order valence-corrected chi connectivity index (χ4v) is 3.41. The zero-order chi connectivity index (χ0) is 23.1. The van der Waals surface area contributed by atoms with E-state index in [9.17, 15) is 9.59 Å². The van der Waals surface area contributed by atoms with Crippen molar-refractivity contribution >= 4 is 17.6 Å². The SMILES string of the molecule is CCN=C1c2ccccc2OC(=O)C1NC(=O)c1cc(OCC)c(OCC)c(OCC)c1. The Balaban J connectivity index is 1.96. The van der Waals surface area contributed by atoms with Gasteiger partial charge in [-0.1, -0.05) is 12.1 Å². The van der Waals surface area contributed by atoms with Gasteiger partial charge in [-0.3, -0.25) is 9.79 Å². The fourth-order valence-electron chi connectivity index (χ4n) is 3.41. The monoisotopic (exact) mass is 440 g/mol. The van der Waals surface area contributed by atoms with Gasteiger partial charge < -0.3 is 24.3 Å². The molecule has 2 aromatic rings. The third kappa shape index (κ3) is 4.85. The quantitative estimate of drug-likeness (QED) is 0.474. The number of rotatable bonds is 9. The first-order chi connectivity index (χ1) is 15.5. The molecule has 0 spiro atoms. The van der Waals surface area contributed by atoms with Crippen LogP contribution in [0.1, 0.15) is 43.6 Å². The molecular formula is C24H28N2O6. The van der Waals surface area contributed by atoms with E-state index in [1.54, 1.807) is 24.3 Å². The number of ether oxygens (including phenoxy) is 4. The van der Waals surface area contributed by atoms with Gasteiger partial charge in [0, 0.05) is 17.7 Å².